The van der Waals surface area contributed by atoms with Gasteiger partial charge in [0, 0.05) is 17.4 Å². The molecule has 2 unspecified atom stereocenters. The van der Waals surface area contributed by atoms with Crippen LogP contribution in [0, 0.1) is 10.1 Å². The molecule has 124 valence electrons. The van der Waals surface area contributed by atoms with Crippen LogP contribution in [0.25, 0.3) is 0 Å². The fraction of sp³-hybridized carbons (Fsp3) is 0.400. The van der Waals surface area contributed by atoms with Crippen molar-refractivity contribution >= 4 is 5.97 Å². The number of nitro groups is 1. The van der Waals surface area contributed by atoms with Gasteiger partial charge in [-0.05, 0) is 30.5 Å². The summed E-state index contributed by atoms with van der Waals surface area (Å²) in [6.45, 7) is 0. The Hall–Kier alpha value is -2.38. The van der Waals surface area contributed by atoms with Gasteiger partial charge in [-0.3, -0.25) is 10.1 Å². The van der Waals surface area contributed by atoms with Gasteiger partial charge >= 0.3 is 12.1 Å². The molecule has 0 bridgehead atoms. The zero-order valence-electron chi connectivity index (χ0n) is 11.9. The first-order chi connectivity index (χ1) is 10.7. The number of aliphatic carboxylic acids is 1. The van der Waals surface area contributed by atoms with Crippen molar-refractivity contribution in [2.24, 2.45) is 0 Å². The molecule has 5 nitrogen and oxygen atoms in total. The van der Waals surface area contributed by atoms with E-state index in [0.717, 1.165) is 18.2 Å². The first kappa shape index (κ1) is 17.0. The highest BCUT2D eigenvalue weighted by atomic mass is 19.4. The van der Waals surface area contributed by atoms with Crippen molar-refractivity contribution in [1.82, 2.24) is 0 Å². The fourth-order valence-electron chi connectivity index (χ4n) is 2.87. The summed E-state index contributed by atoms with van der Waals surface area (Å²) in [6, 6.07) is 3.31. The molecule has 1 aliphatic rings. The van der Waals surface area contributed by atoms with E-state index in [-0.39, 0.29) is 12.8 Å². The van der Waals surface area contributed by atoms with E-state index in [0.29, 0.717) is 17.6 Å². The highest BCUT2D eigenvalue weighted by Crippen LogP contribution is 2.38. The van der Waals surface area contributed by atoms with Crippen LogP contribution in [0.5, 0.6) is 0 Å². The van der Waals surface area contributed by atoms with Crippen molar-refractivity contribution < 1.29 is 28.0 Å². The SMILES string of the molecule is O=C(O)C=C1CCC([N+](=O)[O-])C(c2ccc(C(F)(F)F)cc2)C1. The number of allylic oxidation sites excluding steroid dienone is 1. The van der Waals surface area contributed by atoms with E-state index in [1.165, 1.54) is 12.1 Å². The van der Waals surface area contributed by atoms with Crippen molar-refractivity contribution in [2.45, 2.75) is 37.4 Å². The summed E-state index contributed by atoms with van der Waals surface area (Å²) < 4.78 is 37.8. The number of alkyl halides is 3. The largest absolute Gasteiger partial charge is 0.478 e. The van der Waals surface area contributed by atoms with Crippen LogP contribution in [0.4, 0.5) is 13.2 Å². The van der Waals surface area contributed by atoms with Crippen molar-refractivity contribution in [2.75, 3.05) is 0 Å². The molecule has 8 heteroatoms. The average Bonchev–Trinajstić information content (AvgIpc) is 2.45. The van der Waals surface area contributed by atoms with Crippen LogP contribution in [0.3, 0.4) is 0 Å². The number of hydrogen-bond acceptors (Lipinski definition) is 3. The Labute approximate surface area is 129 Å². The smallest absolute Gasteiger partial charge is 0.416 e. The van der Waals surface area contributed by atoms with Crippen molar-refractivity contribution in [3.63, 3.8) is 0 Å². The van der Waals surface area contributed by atoms with Crippen LogP contribution in [-0.4, -0.2) is 22.0 Å². The molecule has 2 rings (SSSR count). The number of hydrogen-bond donors (Lipinski definition) is 1. The summed E-state index contributed by atoms with van der Waals surface area (Å²) >= 11 is 0. The van der Waals surface area contributed by atoms with E-state index in [1.54, 1.807) is 0 Å². The quantitative estimate of drug-likeness (QED) is 0.522. The van der Waals surface area contributed by atoms with Crippen molar-refractivity contribution in [1.29, 1.82) is 0 Å². The lowest BCUT2D eigenvalue weighted by atomic mass is 9.77. The second-order valence-corrected chi connectivity index (χ2v) is 5.46. The first-order valence-corrected chi connectivity index (χ1v) is 6.91. The minimum Gasteiger partial charge on any atom is -0.478 e. The molecule has 0 spiro atoms. The molecule has 1 fully saturated rings. The number of carboxylic acid groups (broad SMARTS) is 1. The van der Waals surface area contributed by atoms with Crippen LogP contribution < -0.4 is 0 Å². The predicted octanol–water partition coefficient (Wildman–Crippen LogP) is 3.63. The van der Waals surface area contributed by atoms with E-state index in [9.17, 15) is 28.1 Å². The van der Waals surface area contributed by atoms with Gasteiger partial charge in [0.05, 0.1) is 11.5 Å². The Morgan fingerprint density at radius 2 is 1.91 bits per heavy atom. The number of nitrogens with zero attached hydrogens (tertiary/aromatic N) is 1. The van der Waals surface area contributed by atoms with E-state index in [1.807, 2.05) is 0 Å². The normalized spacial score (nSPS) is 23.7. The van der Waals surface area contributed by atoms with Gasteiger partial charge in [-0.1, -0.05) is 17.7 Å². The van der Waals surface area contributed by atoms with E-state index >= 15 is 0 Å². The fourth-order valence-corrected chi connectivity index (χ4v) is 2.87. The van der Waals surface area contributed by atoms with Crippen LogP contribution in [0.2, 0.25) is 0 Å². The second kappa shape index (κ2) is 6.39. The van der Waals surface area contributed by atoms with Crippen LogP contribution >= 0.6 is 0 Å². The lowest BCUT2D eigenvalue weighted by Gasteiger charge is -2.27. The zero-order chi connectivity index (χ0) is 17.2. The maximum absolute atomic E-state index is 12.6. The highest BCUT2D eigenvalue weighted by Gasteiger charge is 2.38. The number of carboxylic acids is 1. The van der Waals surface area contributed by atoms with E-state index in [2.05, 4.69) is 0 Å². The summed E-state index contributed by atoms with van der Waals surface area (Å²) in [7, 11) is 0. The molecule has 1 aromatic rings. The Kier molecular flexibility index (Phi) is 4.72. The molecule has 1 N–H and O–H groups in total. The monoisotopic (exact) mass is 329 g/mol. The Balaban J connectivity index is 2.31. The third-order valence-corrected chi connectivity index (χ3v) is 3.97. The molecule has 23 heavy (non-hydrogen) atoms. The molecule has 0 amide bonds. The molecule has 1 saturated carbocycles. The van der Waals surface area contributed by atoms with Crippen LogP contribution in [-0.2, 0) is 11.0 Å². The Morgan fingerprint density at radius 1 is 1.30 bits per heavy atom. The maximum Gasteiger partial charge on any atom is 0.416 e. The highest BCUT2D eigenvalue weighted by molar-refractivity contribution is 5.80. The van der Waals surface area contributed by atoms with E-state index in [4.69, 9.17) is 5.11 Å². The third kappa shape index (κ3) is 4.08. The predicted molar refractivity (Wildman–Crippen MR) is 74.5 cm³/mol. The zero-order valence-corrected chi connectivity index (χ0v) is 11.9. The van der Waals surface area contributed by atoms with Gasteiger partial charge < -0.3 is 5.11 Å². The Morgan fingerprint density at radius 3 is 2.39 bits per heavy atom. The number of carbonyl (C=O) groups is 1. The third-order valence-electron chi connectivity index (χ3n) is 3.97. The molecular weight excluding hydrogens is 315 g/mol. The summed E-state index contributed by atoms with van der Waals surface area (Å²) in [5, 5.41) is 20.0. The molecule has 2 atom stereocenters. The topological polar surface area (TPSA) is 80.4 Å². The molecule has 0 heterocycles. The maximum atomic E-state index is 12.6. The summed E-state index contributed by atoms with van der Waals surface area (Å²) in [5.74, 6) is -1.77. The van der Waals surface area contributed by atoms with Crippen molar-refractivity contribution in [3.05, 3.63) is 57.2 Å². The standard InChI is InChI=1S/C15H14F3NO4/c16-15(17,18)11-4-2-10(3-5-11)12-7-9(8-14(20)21)1-6-13(12)19(22)23/h2-5,8,12-13H,1,6-7H2,(H,20,21). The number of rotatable bonds is 3. The van der Waals surface area contributed by atoms with Gasteiger partial charge in [0.1, 0.15) is 0 Å². The average molecular weight is 329 g/mol. The van der Waals surface area contributed by atoms with Gasteiger partial charge in [0.25, 0.3) is 0 Å². The first-order valence-electron chi connectivity index (χ1n) is 6.91. The summed E-state index contributed by atoms with van der Waals surface area (Å²) in [6.07, 6.45) is -2.83. The van der Waals surface area contributed by atoms with Gasteiger partial charge in [0.15, 0.2) is 0 Å². The van der Waals surface area contributed by atoms with E-state index < -0.39 is 34.6 Å². The van der Waals surface area contributed by atoms with Gasteiger partial charge in [-0.2, -0.15) is 13.2 Å². The van der Waals surface area contributed by atoms with Gasteiger partial charge in [0.2, 0.25) is 6.04 Å². The van der Waals surface area contributed by atoms with Crippen molar-refractivity contribution in [3.8, 4) is 0 Å². The number of halogens is 3. The summed E-state index contributed by atoms with van der Waals surface area (Å²) in [4.78, 5) is 21.5. The second-order valence-electron chi connectivity index (χ2n) is 5.46. The molecule has 1 aliphatic carbocycles. The van der Waals surface area contributed by atoms with Crippen LogP contribution in [0.15, 0.2) is 35.9 Å². The van der Waals surface area contributed by atoms with Gasteiger partial charge in [-0.15, -0.1) is 0 Å². The molecule has 0 aromatic heterocycles. The molecule has 0 radical (unpaired) electrons. The minimum absolute atomic E-state index is 0.156. The minimum atomic E-state index is -4.47. The molecule has 0 aliphatic heterocycles. The summed E-state index contributed by atoms with van der Waals surface area (Å²) in [5.41, 5.74) is 0.146. The Bertz CT molecular complexity index is 637. The lowest BCUT2D eigenvalue weighted by molar-refractivity contribution is -0.529. The van der Waals surface area contributed by atoms with Gasteiger partial charge in [-0.25, -0.2) is 4.79 Å². The lowest BCUT2D eigenvalue weighted by Crippen LogP contribution is -2.31. The molecule has 0 saturated heterocycles. The molecule has 1 aromatic carbocycles. The van der Waals surface area contributed by atoms with Crippen LogP contribution in [0.1, 0.15) is 36.3 Å². The number of benzene rings is 1. The molecular formula is C15H14F3NO4.